The summed E-state index contributed by atoms with van der Waals surface area (Å²) < 4.78 is 7.28. The number of aromatic nitrogens is 4. The zero-order chi connectivity index (χ0) is 26.6. The van der Waals surface area contributed by atoms with Crippen LogP contribution in [0.15, 0.2) is 77.9 Å². The monoisotopic (exact) mass is 508 g/mol. The molecule has 0 spiro atoms. The summed E-state index contributed by atoms with van der Waals surface area (Å²) >= 11 is 0. The molecular formula is C28H24N6O4. The molecule has 1 fully saturated rings. The van der Waals surface area contributed by atoms with E-state index >= 15 is 0 Å². The van der Waals surface area contributed by atoms with Crippen LogP contribution in [0.3, 0.4) is 0 Å². The fourth-order valence-corrected chi connectivity index (χ4v) is 4.49. The first kappa shape index (κ1) is 24.8. The molecule has 4 aromatic rings. The van der Waals surface area contributed by atoms with Gasteiger partial charge in [0, 0.05) is 30.2 Å². The summed E-state index contributed by atoms with van der Waals surface area (Å²) in [5, 5.41) is 23.0. The van der Waals surface area contributed by atoms with Gasteiger partial charge in [-0.1, -0.05) is 30.3 Å². The number of carboxylic acid groups (broad SMARTS) is 1. The lowest BCUT2D eigenvalue weighted by Gasteiger charge is -2.13. The van der Waals surface area contributed by atoms with Gasteiger partial charge in [0.1, 0.15) is 12.1 Å². The molecule has 5 rings (SSSR count). The van der Waals surface area contributed by atoms with Crippen LogP contribution in [0.2, 0.25) is 0 Å². The van der Waals surface area contributed by atoms with Gasteiger partial charge in [-0.2, -0.15) is 10.4 Å². The van der Waals surface area contributed by atoms with Gasteiger partial charge in [0.2, 0.25) is 0 Å². The van der Waals surface area contributed by atoms with E-state index in [4.69, 9.17) is 4.74 Å². The molecule has 2 atom stereocenters. The standard InChI is InChI=1S/C28H24N6O4/c1-33-17-22(12-25(33)28(36)37)38-23-14-30-27(31-15-23)21-7-3-5-19(11-21)16-34-26(35)9-8-24(32-34)20-6-2-4-18(10-20)13-29/h2-11,14-15,22,25H,12,16-17H2,1H3,(H,36,37)/t22-,25-/m0/s1. The van der Waals surface area contributed by atoms with Crippen molar-refractivity contribution in [2.24, 2.45) is 0 Å². The maximum absolute atomic E-state index is 12.5. The number of rotatable bonds is 7. The minimum absolute atomic E-state index is 0.240. The van der Waals surface area contributed by atoms with Crippen LogP contribution in [0.4, 0.5) is 0 Å². The number of likely N-dealkylation sites (N-methyl/N-ethyl adjacent to an activating group) is 1. The van der Waals surface area contributed by atoms with Gasteiger partial charge in [0.05, 0.1) is 36.3 Å². The third-order valence-corrected chi connectivity index (χ3v) is 6.40. The predicted molar refractivity (Wildman–Crippen MR) is 138 cm³/mol. The molecule has 0 saturated carbocycles. The Bertz CT molecular complexity index is 1580. The Balaban J connectivity index is 1.31. The summed E-state index contributed by atoms with van der Waals surface area (Å²) in [7, 11) is 1.76. The lowest BCUT2D eigenvalue weighted by atomic mass is 10.1. The summed E-state index contributed by atoms with van der Waals surface area (Å²) in [6, 6.07) is 19.3. The van der Waals surface area contributed by atoms with Gasteiger partial charge in [0.25, 0.3) is 5.56 Å². The third-order valence-electron chi connectivity index (χ3n) is 6.40. The molecule has 190 valence electrons. The Labute approximate surface area is 218 Å². The molecule has 3 heterocycles. The lowest BCUT2D eigenvalue weighted by Crippen LogP contribution is -2.32. The number of hydrogen-bond donors (Lipinski definition) is 1. The summed E-state index contributed by atoms with van der Waals surface area (Å²) in [6.45, 7) is 0.763. The highest BCUT2D eigenvalue weighted by atomic mass is 16.5. The van der Waals surface area contributed by atoms with E-state index in [1.165, 1.54) is 10.7 Å². The van der Waals surface area contributed by atoms with Crippen molar-refractivity contribution < 1.29 is 14.6 Å². The molecule has 38 heavy (non-hydrogen) atoms. The molecule has 0 amide bonds. The number of ether oxygens (including phenoxy) is 1. The third kappa shape index (κ3) is 5.43. The van der Waals surface area contributed by atoms with Crippen LogP contribution >= 0.6 is 0 Å². The number of likely N-dealkylation sites (tertiary alicyclic amines) is 1. The molecule has 2 aromatic heterocycles. The zero-order valence-corrected chi connectivity index (χ0v) is 20.6. The van der Waals surface area contributed by atoms with Gasteiger partial charge in [0.15, 0.2) is 11.6 Å². The van der Waals surface area contributed by atoms with E-state index in [0.29, 0.717) is 35.8 Å². The molecule has 0 aliphatic carbocycles. The van der Waals surface area contributed by atoms with E-state index in [0.717, 1.165) is 16.7 Å². The topological polar surface area (TPSA) is 134 Å². The first-order valence-electron chi connectivity index (χ1n) is 12.0. The molecular weight excluding hydrogens is 484 g/mol. The first-order chi connectivity index (χ1) is 18.4. The molecule has 0 bridgehead atoms. The van der Waals surface area contributed by atoms with Crippen LogP contribution in [0.25, 0.3) is 22.6 Å². The SMILES string of the molecule is CN1C[C@@H](Oc2cnc(-c3cccc(Cn4nc(-c5cccc(C#N)c5)ccc4=O)c3)nc2)C[C@H]1C(=O)O. The predicted octanol–water partition coefficient (Wildman–Crippen LogP) is 2.82. The smallest absolute Gasteiger partial charge is 0.321 e. The Morgan fingerprint density at radius 3 is 2.61 bits per heavy atom. The van der Waals surface area contributed by atoms with Crippen molar-refractivity contribution in [2.45, 2.75) is 25.1 Å². The van der Waals surface area contributed by atoms with Gasteiger partial charge >= 0.3 is 5.97 Å². The van der Waals surface area contributed by atoms with E-state index < -0.39 is 12.0 Å². The lowest BCUT2D eigenvalue weighted by molar-refractivity contribution is -0.141. The van der Waals surface area contributed by atoms with Gasteiger partial charge in [-0.3, -0.25) is 14.5 Å². The van der Waals surface area contributed by atoms with E-state index in [-0.39, 0.29) is 18.2 Å². The summed E-state index contributed by atoms with van der Waals surface area (Å²) in [4.78, 5) is 34.4. The quantitative estimate of drug-likeness (QED) is 0.400. The van der Waals surface area contributed by atoms with Gasteiger partial charge in [-0.15, -0.1) is 0 Å². The maximum atomic E-state index is 12.5. The number of nitriles is 1. The van der Waals surface area contributed by atoms with E-state index in [9.17, 15) is 20.0 Å². The van der Waals surface area contributed by atoms with Crippen LogP contribution < -0.4 is 10.3 Å². The molecule has 2 aromatic carbocycles. The minimum Gasteiger partial charge on any atom is -0.486 e. The largest absolute Gasteiger partial charge is 0.486 e. The Kier molecular flexibility index (Phi) is 6.93. The molecule has 0 radical (unpaired) electrons. The van der Waals surface area contributed by atoms with Crippen molar-refractivity contribution in [1.29, 1.82) is 5.26 Å². The average molecular weight is 509 g/mol. The molecule has 1 aliphatic rings. The van der Waals surface area contributed by atoms with E-state index in [1.54, 1.807) is 48.6 Å². The maximum Gasteiger partial charge on any atom is 0.321 e. The molecule has 1 N–H and O–H groups in total. The van der Waals surface area contributed by atoms with Gasteiger partial charge in [-0.25, -0.2) is 14.6 Å². The Hall–Kier alpha value is -4.88. The summed E-state index contributed by atoms with van der Waals surface area (Å²) in [5.74, 6) is 0.110. The van der Waals surface area contributed by atoms with Crippen molar-refractivity contribution >= 4 is 5.97 Å². The number of carbonyl (C=O) groups is 1. The van der Waals surface area contributed by atoms with Crippen molar-refractivity contribution in [2.75, 3.05) is 13.6 Å². The fourth-order valence-electron chi connectivity index (χ4n) is 4.49. The van der Waals surface area contributed by atoms with Crippen LogP contribution in [-0.4, -0.2) is 61.5 Å². The fraction of sp³-hybridized carbons (Fsp3) is 0.214. The van der Waals surface area contributed by atoms with Crippen molar-refractivity contribution in [1.82, 2.24) is 24.6 Å². The van der Waals surface area contributed by atoms with Crippen LogP contribution in [0, 0.1) is 11.3 Å². The Morgan fingerprint density at radius 1 is 1.11 bits per heavy atom. The zero-order valence-electron chi connectivity index (χ0n) is 20.6. The highest BCUT2D eigenvalue weighted by Gasteiger charge is 2.35. The van der Waals surface area contributed by atoms with Crippen LogP contribution in [-0.2, 0) is 11.3 Å². The van der Waals surface area contributed by atoms with E-state index in [2.05, 4.69) is 21.1 Å². The number of carboxylic acids is 1. The molecule has 0 unspecified atom stereocenters. The van der Waals surface area contributed by atoms with Crippen molar-refractivity contribution in [3.05, 3.63) is 94.5 Å². The second kappa shape index (κ2) is 10.6. The number of hydrogen-bond acceptors (Lipinski definition) is 8. The minimum atomic E-state index is -0.859. The average Bonchev–Trinajstić information content (AvgIpc) is 3.30. The van der Waals surface area contributed by atoms with Crippen LogP contribution in [0.1, 0.15) is 17.5 Å². The number of aliphatic carboxylic acids is 1. The molecule has 1 saturated heterocycles. The highest BCUT2D eigenvalue weighted by Crippen LogP contribution is 2.23. The van der Waals surface area contributed by atoms with Crippen LogP contribution in [0.5, 0.6) is 5.75 Å². The molecule has 10 nitrogen and oxygen atoms in total. The normalized spacial score (nSPS) is 17.2. The summed E-state index contributed by atoms with van der Waals surface area (Å²) in [5.41, 5.74) is 3.25. The number of benzene rings is 2. The Morgan fingerprint density at radius 2 is 1.87 bits per heavy atom. The van der Waals surface area contributed by atoms with E-state index in [1.807, 2.05) is 30.3 Å². The number of nitrogens with zero attached hydrogens (tertiary/aromatic N) is 6. The highest BCUT2D eigenvalue weighted by molar-refractivity contribution is 5.74. The first-order valence-corrected chi connectivity index (χ1v) is 12.0. The van der Waals surface area contributed by atoms with Gasteiger partial charge in [-0.05, 0) is 36.9 Å². The second-order valence-corrected chi connectivity index (χ2v) is 9.12. The van der Waals surface area contributed by atoms with Crippen molar-refractivity contribution in [3.63, 3.8) is 0 Å². The summed E-state index contributed by atoms with van der Waals surface area (Å²) in [6.07, 6.45) is 3.30. The molecule has 1 aliphatic heterocycles. The molecule has 10 heteroatoms. The van der Waals surface area contributed by atoms with Crippen molar-refractivity contribution in [3.8, 4) is 34.5 Å². The second-order valence-electron chi connectivity index (χ2n) is 9.12. The van der Waals surface area contributed by atoms with Gasteiger partial charge < -0.3 is 9.84 Å².